The third kappa shape index (κ3) is 4.43. The number of carbonyl (C=O) groups is 1. The Morgan fingerprint density at radius 3 is 2.33 bits per heavy atom. The summed E-state index contributed by atoms with van der Waals surface area (Å²) in [6, 6.07) is 0. The third-order valence-electron chi connectivity index (χ3n) is 5.13. The number of esters is 1. The van der Waals surface area contributed by atoms with Crippen molar-refractivity contribution in [2.45, 2.75) is 78.1 Å². The van der Waals surface area contributed by atoms with Crippen LogP contribution in [0.5, 0.6) is 0 Å². The molecular weight excluding hydrogens is 280 g/mol. The minimum absolute atomic E-state index is 0.0775. The van der Waals surface area contributed by atoms with Crippen molar-refractivity contribution < 1.29 is 14.0 Å². The van der Waals surface area contributed by atoms with Gasteiger partial charge in [-0.1, -0.05) is 27.7 Å². The molecule has 0 aliphatic heterocycles. The second-order valence-corrected chi connectivity index (χ2v) is 12.6. The molecule has 0 N–H and O–H groups in total. The molecule has 0 spiro atoms. The zero-order valence-electron chi connectivity index (χ0n) is 15.0. The van der Waals surface area contributed by atoms with Crippen LogP contribution in [0.1, 0.15) is 53.9 Å². The second kappa shape index (κ2) is 6.65. The summed E-state index contributed by atoms with van der Waals surface area (Å²) in [4.78, 5) is 11.9. The van der Waals surface area contributed by atoms with Gasteiger partial charge in [0.1, 0.15) is 0 Å². The number of ether oxygens (including phenoxy) is 1. The van der Waals surface area contributed by atoms with E-state index in [1.807, 2.05) is 6.92 Å². The van der Waals surface area contributed by atoms with E-state index in [-0.39, 0.29) is 17.1 Å². The normalized spacial score (nSPS) is 26.5. The van der Waals surface area contributed by atoms with Gasteiger partial charge in [0.25, 0.3) is 0 Å². The van der Waals surface area contributed by atoms with Gasteiger partial charge in [0.15, 0.2) is 8.32 Å². The van der Waals surface area contributed by atoms with Crippen molar-refractivity contribution in [1.29, 1.82) is 0 Å². The topological polar surface area (TPSA) is 35.5 Å². The standard InChI is InChI=1S/C17H32O3Si/c1-12-9-10-14(13(2)16(18)19-6)15(11-12)20-21(7,8)17(3,4)5/h12,15H,9-11H2,1-8H3/b14-13-/t12-,15-/m0/s1. The van der Waals surface area contributed by atoms with Crippen LogP contribution in [-0.2, 0) is 14.0 Å². The molecule has 1 saturated carbocycles. The quantitative estimate of drug-likeness (QED) is 0.431. The lowest BCUT2D eigenvalue weighted by molar-refractivity contribution is -0.136. The van der Waals surface area contributed by atoms with Crippen LogP contribution in [-0.4, -0.2) is 27.5 Å². The highest BCUT2D eigenvalue weighted by atomic mass is 28.4. The van der Waals surface area contributed by atoms with E-state index >= 15 is 0 Å². The summed E-state index contributed by atoms with van der Waals surface area (Å²) in [5, 5.41) is 0.179. The average molecular weight is 313 g/mol. The predicted octanol–water partition coefficient (Wildman–Crippen LogP) is 4.69. The van der Waals surface area contributed by atoms with E-state index in [1.165, 1.54) is 7.11 Å². The minimum atomic E-state index is -1.84. The maximum atomic E-state index is 11.9. The lowest BCUT2D eigenvalue weighted by Crippen LogP contribution is -2.45. The highest BCUT2D eigenvalue weighted by Gasteiger charge is 2.41. The van der Waals surface area contributed by atoms with E-state index in [0.717, 1.165) is 30.4 Å². The molecule has 21 heavy (non-hydrogen) atoms. The molecule has 1 aliphatic rings. The fourth-order valence-corrected chi connectivity index (χ4v) is 3.86. The highest BCUT2D eigenvalue weighted by molar-refractivity contribution is 6.74. The van der Waals surface area contributed by atoms with Crippen LogP contribution in [0.3, 0.4) is 0 Å². The number of hydrogen-bond donors (Lipinski definition) is 0. The first-order valence-electron chi connectivity index (χ1n) is 7.95. The summed E-state index contributed by atoms with van der Waals surface area (Å²) in [7, 11) is -0.395. The first-order chi connectivity index (χ1) is 9.49. The van der Waals surface area contributed by atoms with Crippen molar-refractivity contribution in [2.75, 3.05) is 7.11 Å². The molecule has 1 rings (SSSR count). The Labute approximate surface area is 131 Å². The molecule has 2 atom stereocenters. The van der Waals surface area contributed by atoms with Gasteiger partial charge in [0.2, 0.25) is 0 Å². The maximum Gasteiger partial charge on any atom is 0.333 e. The zero-order valence-corrected chi connectivity index (χ0v) is 16.0. The second-order valence-electron chi connectivity index (χ2n) is 7.89. The molecule has 4 heteroatoms. The SMILES string of the molecule is COC(=O)/C(C)=C1/CC[C@H](C)C[C@@H]1O[Si](C)(C)C(C)(C)C. The molecule has 0 unspecified atom stereocenters. The van der Waals surface area contributed by atoms with E-state index in [1.54, 1.807) is 0 Å². The van der Waals surface area contributed by atoms with Crippen molar-refractivity contribution in [2.24, 2.45) is 5.92 Å². The molecular formula is C17H32O3Si. The van der Waals surface area contributed by atoms with Crippen molar-refractivity contribution in [3.05, 3.63) is 11.1 Å². The monoisotopic (exact) mass is 312 g/mol. The van der Waals surface area contributed by atoms with E-state index in [9.17, 15) is 4.79 Å². The van der Waals surface area contributed by atoms with Crippen LogP contribution in [0.4, 0.5) is 0 Å². The molecule has 0 radical (unpaired) electrons. The zero-order chi connectivity index (χ0) is 16.4. The van der Waals surface area contributed by atoms with Gasteiger partial charge in [-0.25, -0.2) is 4.79 Å². The van der Waals surface area contributed by atoms with Gasteiger partial charge in [0, 0.05) is 5.57 Å². The molecule has 0 amide bonds. The van der Waals surface area contributed by atoms with Crippen LogP contribution in [0, 0.1) is 5.92 Å². The van der Waals surface area contributed by atoms with Crippen molar-refractivity contribution in [3.8, 4) is 0 Å². The Kier molecular flexibility index (Phi) is 5.84. The van der Waals surface area contributed by atoms with Crippen molar-refractivity contribution >= 4 is 14.3 Å². The number of hydrogen-bond acceptors (Lipinski definition) is 3. The molecule has 0 bridgehead atoms. The molecule has 1 fully saturated rings. The Morgan fingerprint density at radius 2 is 1.86 bits per heavy atom. The summed E-state index contributed by atoms with van der Waals surface area (Å²) in [6.07, 6.45) is 3.16. The lowest BCUT2D eigenvalue weighted by Gasteiger charge is -2.42. The summed E-state index contributed by atoms with van der Waals surface area (Å²) in [6.45, 7) is 15.5. The predicted molar refractivity (Wildman–Crippen MR) is 89.8 cm³/mol. The van der Waals surface area contributed by atoms with Gasteiger partial charge < -0.3 is 9.16 Å². The summed E-state index contributed by atoms with van der Waals surface area (Å²) in [5.41, 5.74) is 1.90. The van der Waals surface area contributed by atoms with Crippen LogP contribution in [0.25, 0.3) is 0 Å². The molecule has 0 aromatic heterocycles. The first kappa shape index (κ1) is 18.4. The van der Waals surface area contributed by atoms with E-state index in [2.05, 4.69) is 40.8 Å². The van der Waals surface area contributed by atoms with E-state index in [4.69, 9.17) is 9.16 Å². The lowest BCUT2D eigenvalue weighted by atomic mass is 9.83. The Hall–Kier alpha value is -0.613. The number of methoxy groups -OCH3 is 1. The summed E-state index contributed by atoms with van der Waals surface area (Å²) >= 11 is 0. The maximum absolute atomic E-state index is 11.9. The first-order valence-corrected chi connectivity index (χ1v) is 10.9. The summed E-state index contributed by atoms with van der Waals surface area (Å²) in [5.74, 6) is 0.428. The Morgan fingerprint density at radius 1 is 1.29 bits per heavy atom. The third-order valence-corrected chi connectivity index (χ3v) is 9.61. The molecule has 122 valence electrons. The summed E-state index contributed by atoms with van der Waals surface area (Å²) < 4.78 is 11.5. The molecule has 0 heterocycles. The molecule has 0 saturated heterocycles. The van der Waals surface area contributed by atoms with Gasteiger partial charge in [-0.05, 0) is 55.8 Å². The van der Waals surface area contributed by atoms with Gasteiger partial charge in [-0.15, -0.1) is 0 Å². The Balaban J connectivity index is 3.06. The fraction of sp³-hybridized carbons (Fsp3) is 0.824. The van der Waals surface area contributed by atoms with Gasteiger partial charge >= 0.3 is 5.97 Å². The van der Waals surface area contributed by atoms with Crippen LogP contribution >= 0.6 is 0 Å². The average Bonchev–Trinajstić information content (AvgIpc) is 2.35. The van der Waals surface area contributed by atoms with Gasteiger partial charge in [-0.3, -0.25) is 0 Å². The molecule has 0 aromatic rings. The van der Waals surface area contributed by atoms with E-state index < -0.39 is 8.32 Å². The molecule has 0 aromatic carbocycles. The van der Waals surface area contributed by atoms with Crippen LogP contribution in [0.2, 0.25) is 18.1 Å². The fourth-order valence-electron chi connectivity index (χ4n) is 2.55. The van der Waals surface area contributed by atoms with Gasteiger partial charge in [0.05, 0.1) is 13.2 Å². The van der Waals surface area contributed by atoms with Crippen LogP contribution < -0.4 is 0 Å². The number of rotatable bonds is 3. The molecule has 1 aliphatic carbocycles. The molecule has 3 nitrogen and oxygen atoms in total. The minimum Gasteiger partial charge on any atom is -0.466 e. The largest absolute Gasteiger partial charge is 0.466 e. The van der Waals surface area contributed by atoms with Crippen LogP contribution in [0.15, 0.2) is 11.1 Å². The van der Waals surface area contributed by atoms with Crippen molar-refractivity contribution in [1.82, 2.24) is 0 Å². The van der Waals surface area contributed by atoms with Crippen molar-refractivity contribution in [3.63, 3.8) is 0 Å². The number of carbonyl (C=O) groups excluding carboxylic acids is 1. The smallest absolute Gasteiger partial charge is 0.333 e. The Bertz CT molecular complexity index is 418. The van der Waals surface area contributed by atoms with E-state index in [0.29, 0.717) is 5.92 Å². The van der Waals surface area contributed by atoms with Gasteiger partial charge in [-0.2, -0.15) is 0 Å². The highest BCUT2D eigenvalue weighted by Crippen LogP contribution is 2.41.